The van der Waals surface area contributed by atoms with Gasteiger partial charge in [-0.15, -0.1) is 0 Å². The van der Waals surface area contributed by atoms with Crippen molar-refractivity contribution in [2.24, 2.45) is 0 Å². The lowest BCUT2D eigenvalue weighted by atomic mass is 10.4. The lowest BCUT2D eigenvalue weighted by Crippen LogP contribution is -2.21. The first-order valence-electron chi connectivity index (χ1n) is 6.51. The molecule has 0 bridgehead atoms. The number of aromatic nitrogens is 3. The zero-order valence-corrected chi connectivity index (χ0v) is 13.4. The Kier molecular flexibility index (Phi) is 4.37. The number of nitrogen functional groups attached to an aromatic ring is 1. The molecule has 8 heteroatoms. The van der Waals surface area contributed by atoms with E-state index in [0.717, 1.165) is 30.8 Å². The van der Waals surface area contributed by atoms with Crippen LogP contribution in [0.1, 0.15) is 12.8 Å². The molecule has 0 spiro atoms. The average Bonchev–Trinajstić information content (AvgIpc) is 2.96. The summed E-state index contributed by atoms with van der Waals surface area (Å²) in [6, 6.07) is 5.40. The van der Waals surface area contributed by atoms with Crippen molar-refractivity contribution >= 4 is 46.9 Å². The van der Waals surface area contributed by atoms with E-state index in [1.165, 1.54) is 11.8 Å². The van der Waals surface area contributed by atoms with Crippen LogP contribution < -0.4 is 10.6 Å². The second kappa shape index (κ2) is 6.25. The molecule has 0 aliphatic carbocycles. The Bertz CT molecular complexity index is 661. The van der Waals surface area contributed by atoms with Gasteiger partial charge in [0.05, 0.1) is 10.0 Å². The first-order valence-corrected chi connectivity index (χ1v) is 8.08. The molecule has 0 saturated carbocycles. The molecule has 1 aliphatic heterocycles. The highest BCUT2D eigenvalue weighted by Crippen LogP contribution is 2.31. The van der Waals surface area contributed by atoms with Crippen LogP contribution in [0.3, 0.4) is 0 Å². The Labute approximate surface area is 136 Å². The molecule has 5 nitrogen and oxygen atoms in total. The summed E-state index contributed by atoms with van der Waals surface area (Å²) < 4.78 is 0. The zero-order valence-electron chi connectivity index (χ0n) is 11.1. The van der Waals surface area contributed by atoms with E-state index in [4.69, 9.17) is 28.9 Å². The van der Waals surface area contributed by atoms with Gasteiger partial charge in [-0.2, -0.15) is 15.0 Å². The summed E-state index contributed by atoms with van der Waals surface area (Å²) in [6.07, 6.45) is 2.31. The van der Waals surface area contributed by atoms with Crippen molar-refractivity contribution in [3.05, 3.63) is 28.2 Å². The van der Waals surface area contributed by atoms with E-state index in [9.17, 15) is 0 Å². The van der Waals surface area contributed by atoms with Crippen LogP contribution in [0.5, 0.6) is 0 Å². The van der Waals surface area contributed by atoms with Crippen molar-refractivity contribution in [2.45, 2.75) is 22.9 Å². The maximum atomic E-state index is 6.01. The summed E-state index contributed by atoms with van der Waals surface area (Å²) in [5, 5.41) is 1.58. The summed E-state index contributed by atoms with van der Waals surface area (Å²) in [4.78, 5) is 15.9. The topological polar surface area (TPSA) is 67.9 Å². The Hall–Kier alpha value is -1.24. The third-order valence-electron chi connectivity index (χ3n) is 3.11. The van der Waals surface area contributed by atoms with Crippen molar-refractivity contribution in [3.8, 4) is 0 Å². The highest BCUT2D eigenvalue weighted by molar-refractivity contribution is 7.99. The van der Waals surface area contributed by atoms with Gasteiger partial charge in [-0.3, -0.25) is 0 Å². The SMILES string of the molecule is Nc1nc(Sc2ccc(Cl)c(Cl)c2)nc(N2CCCC2)n1. The quantitative estimate of drug-likeness (QED) is 0.921. The molecule has 1 aliphatic rings. The van der Waals surface area contributed by atoms with Gasteiger partial charge in [-0.1, -0.05) is 23.2 Å². The standard InChI is InChI=1S/C13H13Cl2N5S/c14-9-4-3-8(7-10(9)15)21-13-18-11(16)17-12(19-13)20-5-1-2-6-20/h3-4,7H,1-2,5-6H2,(H2,16,17,18,19). The van der Waals surface area contributed by atoms with Crippen molar-refractivity contribution in [1.29, 1.82) is 0 Å². The fourth-order valence-electron chi connectivity index (χ4n) is 2.11. The predicted octanol–water partition coefficient (Wildman–Crippen LogP) is 3.51. The van der Waals surface area contributed by atoms with Crippen LogP contribution in [0, 0.1) is 0 Å². The molecule has 0 amide bonds. The molecule has 1 aromatic carbocycles. The number of nitrogens with zero attached hydrogens (tertiary/aromatic N) is 4. The first kappa shape index (κ1) is 14.7. The Morgan fingerprint density at radius 1 is 1.05 bits per heavy atom. The lowest BCUT2D eigenvalue weighted by molar-refractivity contribution is 0.834. The highest BCUT2D eigenvalue weighted by Gasteiger charge is 2.17. The second-order valence-corrected chi connectivity index (χ2v) is 6.50. The van der Waals surface area contributed by atoms with E-state index in [2.05, 4.69) is 19.9 Å². The molecule has 1 aromatic heterocycles. The summed E-state index contributed by atoms with van der Waals surface area (Å²) in [5.41, 5.74) is 5.79. The van der Waals surface area contributed by atoms with Crippen LogP contribution in [0.4, 0.5) is 11.9 Å². The van der Waals surface area contributed by atoms with E-state index in [1.807, 2.05) is 6.07 Å². The van der Waals surface area contributed by atoms with Gasteiger partial charge in [0.2, 0.25) is 11.9 Å². The fourth-order valence-corrected chi connectivity index (χ4v) is 3.26. The number of hydrogen-bond donors (Lipinski definition) is 1. The molecule has 1 fully saturated rings. The van der Waals surface area contributed by atoms with Crippen LogP contribution in [0.25, 0.3) is 0 Å². The van der Waals surface area contributed by atoms with E-state index in [1.54, 1.807) is 12.1 Å². The zero-order chi connectivity index (χ0) is 14.8. The molecule has 1 saturated heterocycles. The summed E-state index contributed by atoms with van der Waals surface area (Å²) in [7, 11) is 0. The predicted molar refractivity (Wildman–Crippen MR) is 86.3 cm³/mol. The van der Waals surface area contributed by atoms with Crippen molar-refractivity contribution in [3.63, 3.8) is 0 Å². The third-order valence-corrected chi connectivity index (χ3v) is 4.70. The average molecular weight is 342 g/mol. The van der Waals surface area contributed by atoms with Crippen molar-refractivity contribution < 1.29 is 0 Å². The molecule has 3 rings (SSSR count). The van der Waals surface area contributed by atoms with Crippen LogP contribution in [0.15, 0.2) is 28.3 Å². The Balaban J connectivity index is 1.85. The van der Waals surface area contributed by atoms with Gasteiger partial charge in [0.25, 0.3) is 0 Å². The minimum absolute atomic E-state index is 0.231. The molecule has 0 unspecified atom stereocenters. The summed E-state index contributed by atoms with van der Waals surface area (Å²) >= 11 is 13.3. The van der Waals surface area contributed by atoms with Gasteiger partial charge in [0.1, 0.15) is 0 Å². The number of halogens is 2. The number of rotatable bonds is 3. The van der Waals surface area contributed by atoms with Crippen LogP contribution in [-0.4, -0.2) is 28.0 Å². The molecule has 0 radical (unpaired) electrons. The van der Waals surface area contributed by atoms with Gasteiger partial charge in [0.15, 0.2) is 5.16 Å². The van der Waals surface area contributed by atoms with Crippen molar-refractivity contribution in [1.82, 2.24) is 15.0 Å². The van der Waals surface area contributed by atoms with Crippen LogP contribution >= 0.6 is 35.0 Å². The minimum atomic E-state index is 0.231. The first-order chi connectivity index (χ1) is 10.1. The molecular weight excluding hydrogens is 329 g/mol. The summed E-state index contributed by atoms with van der Waals surface area (Å²) in [5.74, 6) is 0.872. The normalized spacial score (nSPS) is 14.7. The van der Waals surface area contributed by atoms with Gasteiger partial charge in [-0.05, 0) is 42.8 Å². The monoisotopic (exact) mass is 341 g/mol. The number of anilines is 2. The van der Waals surface area contributed by atoms with Gasteiger partial charge in [0, 0.05) is 18.0 Å². The smallest absolute Gasteiger partial charge is 0.231 e. The maximum absolute atomic E-state index is 6.01. The molecular formula is C13H13Cl2N5S. The molecule has 0 atom stereocenters. The van der Waals surface area contributed by atoms with E-state index < -0.39 is 0 Å². The Morgan fingerprint density at radius 2 is 1.81 bits per heavy atom. The minimum Gasteiger partial charge on any atom is -0.368 e. The van der Waals surface area contributed by atoms with E-state index in [0.29, 0.717) is 21.2 Å². The molecule has 2 aromatic rings. The molecule has 2 heterocycles. The molecule has 110 valence electrons. The number of hydrogen-bond acceptors (Lipinski definition) is 6. The van der Waals surface area contributed by atoms with E-state index in [-0.39, 0.29) is 5.95 Å². The lowest BCUT2D eigenvalue weighted by Gasteiger charge is -2.15. The summed E-state index contributed by atoms with van der Waals surface area (Å²) in [6.45, 7) is 1.92. The van der Waals surface area contributed by atoms with Gasteiger partial charge in [-0.25, -0.2) is 0 Å². The van der Waals surface area contributed by atoms with Crippen LogP contribution in [-0.2, 0) is 0 Å². The van der Waals surface area contributed by atoms with Crippen LogP contribution in [0.2, 0.25) is 10.0 Å². The second-order valence-electron chi connectivity index (χ2n) is 4.65. The van der Waals surface area contributed by atoms with Gasteiger partial charge < -0.3 is 10.6 Å². The molecule has 2 N–H and O–H groups in total. The maximum Gasteiger partial charge on any atom is 0.231 e. The third kappa shape index (κ3) is 3.51. The largest absolute Gasteiger partial charge is 0.368 e. The number of nitrogens with two attached hydrogens (primary N) is 1. The highest BCUT2D eigenvalue weighted by atomic mass is 35.5. The molecule has 21 heavy (non-hydrogen) atoms. The van der Waals surface area contributed by atoms with Crippen molar-refractivity contribution in [2.75, 3.05) is 23.7 Å². The van der Waals surface area contributed by atoms with Gasteiger partial charge >= 0.3 is 0 Å². The Morgan fingerprint density at radius 3 is 2.52 bits per heavy atom. The fraction of sp³-hybridized carbons (Fsp3) is 0.308. The van der Waals surface area contributed by atoms with E-state index >= 15 is 0 Å². The number of benzene rings is 1.